The van der Waals surface area contributed by atoms with E-state index in [2.05, 4.69) is 32.2 Å². The monoisotopic (exact) mass is 372 g/mol. The highest BCUT2D eigenvalue weighted by molar-refractivity contribution is 7.16. The molecule has 1 heterocycles. The van der Waals surface area contributed by atoms with Crippen LogP contribution in [-0.4, -0.2) is 5.91 Å². The highest BCUT2D eigenvalue weighted by Crippen LogP contribution is 2.44. The lowest BCUT2D eigenvalue weighted by atomic mass is 9.72. The van der Waals surface area contributed by atoms with Gasteiger partial charge in [0.25, 0.3) is 5.91 Å². The van der Waals surface area contributed by atoms with Crippen molar-refractivity contribution in [3.63, 3.8) is 0 Å². The number of hydrogen-bond acceptors (Lipinski definition) is 3. The van der Waals surface area contributed by atoms with Crippen molar-refractivity contribution in [1.82, 2.24) is 0 Å². The Labute approximate surface area is 157 Å². The molecular weight excluding hydrogens is 352 g/mol. The van der Waals surface area contributed by atoms with Crippen LogP contribution < -0.4 is 5.32 Å². The molecule has 3 rings (SSSR count). The molecule has 0 saturated heterocycles. The summed E-state index contributed by atoms with van der Waals surface area (Å²) in [5.74, 6) is 0.324. The summed E-state index contributed by atoms with van der Waals surface area (Å²) >= 11 is 7.64. The van der Waals surface area contributed by atoms with Crippen molar-refractivity contribution in [3.05, 3.63) is 50.9 Å². The van der Waals surface area contributed by atoms with E-state index >= 15 is 0 Å². The number of halogens is 1. The summed E-state index contributed by atoms with van der Waals surface area (Å²) in [6.45, 7) is 6.80. The third-order valence-electron chi connectivity index (χ3n) is 4.95. The van der Waals surface area contributed by atoms with Crippen molar-refractivity contribution in [2.75, 3.05) is 5.32 Å². The SMILES string of the molecule is CC(C)(C)[C@@H]1CCc2c(sc(NC(=O)c3ccccc3Cl)c2C#N)C1. The first-order valence-corrected chi connectivity index (χ1v) is 9.61. The van der Waals surface area contributed by atoms with Crippen LogP contribution in [0, 0.1) is 22.7 Å². The van der Waals surface area contributed by atoms with Crippen LogP contribution >= 0.6 is 22.9 Å². The number of carbonyl (C=O) groups excluding carboxylic acids is 1. The highest BCUT2D eigenvalue weighted by atomic mass is 35.5. The average Bonchev–Trinajstić information content (AvgIpc) is 2.90. The fraction of sp³-hybridized carbons (Fsp3) is 0.400. The number of anilines is 1. The molecule has 1 amide bonds. The molecule has 0 spiro atoms. The van der Waals surface area contributed by atoms with E-state index in [1.54, 1.807) is 24.3 Å². The smallest absolute Gasteiger partial charge is 0.257 e. The maximum atomic E-state index is 12.5. The standard InChI is InChI=1S/C20H21ClN2OS/c1-20(2,3)12-8-9-13-15(11-22)19(25-17(13)10-12)23-18(24)14-6-4-5-7-16(14)21/h4-7,12H,8-10H2,1-3H3,(H,23,24)/t12-/m1/s1. The third kappa shape index (κ3) is 3.58. The van der Waals surface area contributed by atoms with Gasteiger partial charge in [-0.1, -0.05) is 44.5 Å². The van der Waals surface area contributed by atoms with Crippen LogP contribution in [0.2, 0.25) is 5.02 Å². The quantitative estimate of drug-likeness (QED) is 0.737. The second-order valence-corrected chi connectivity index (χ2v) is 9.07. The Morgan fingerprint density at radius 2 is 2.08 bits per heavy atom. The van der Waals surface area contributed by atoms with E-state index in [1.165, 1.54) is 16.2 Å². The highest BCUT2D eigenvalue weighted by Gasteiger charge is 2.32. The van der Waals surface area contributed by atoms with Gasteiger partial charge < -0.3 is 5.32 Å². The molecule has 0 saturated carbocycles. The topological polar surface area (TPSA) is 52.9 Å². The summed E-state index contributed by atoms with van der Waals surface area (Å²) in [5.41, 5.74) is 2.40. The van der Waals surface area contributed by atoms with Gasteiger partial charge >= 0.3 is 0 Å². The van der Waals surface area contributed by atoms with Crippen molar-refractivity contribution < 1.29 is 4.79 Å². The molecule has 0 bridgehead atoms. The zero-order valence-electron chi connectivity index (χ0n) is 14.6. The van der Waals surface area contributed by atoms with Gasteiger partial charge in [0.15, 0.2) is 0 Å². The molecule has 1 aliphatic carbocycles. The van der Waals surface area contributed by atoms with Crippen molar-refractivity contribution in [1.29, 1.82) is 5.26 Å². The van der Waals surface area contributed by atoms with Crippen molar-refractivity contribution in [2.24, 2.45) is 11.3 Å². The molecule has 130 valence electrons. The molecule has 0 radical (unpaired) electrons. The molecule has 1 N–H and O–H groups in total. The van der Waals surface area contributed by atoms with Gasteiger partial charge in [0.2, 0.25) is 0 Å². The summed E-state index contributed by atoms with van der Waals surface area (Å²) in [7, 11) is 0. The normalized spacial score (nSPS) is 16.8. The Hall–Kier alpha value is -1.83. The maximum absolute atomic E-state index is 12.5. The lowest BCUT2D eigenvalue weighted by molar-refractivity contribution is 0.102. The van der Waals surface area contributed by atoms with E-state index in [4.69, 9.17) is 11.6 Å². The Kier molecular flexibility index (Phi) is 4.90. The van der Waals surface area contributed by atoms with E-state index in [0.717, 1.165) is 24.8 Å². The minimum Gasteiger partial charge on any atom is -0.312 e. The molecule has 2 aromatic rings. The van der Waals surface area contributed by atoms with Gasteiger partial charge in [0, 0.05) is 4.88 Å². The summed E-state index contributed by atoms with van der Waals surface area (Å²) < 4.78 is 0. The summed E-state index contributed by atoms with van der Waals surface area (Å²) in [6, 6.07) is 9.23. The molecule has 5 heteroatoms. The summed E-state index contributed by atoms with van der Waals surface area (Å²) in [4.78, 5) is 13.8. The molecule has 0 unspecified atom stereocenters. The Balaban J connectivity index is 1.89. The molecule has 1 aliphatic rings. The lowest BCUT2D eigenvalue weighted by Gasteiger charge is -2.33. The number of fused-ring (bicyclic) bond motifs is 1. The molecule has 1 aromatic carbocycles. The molecular formula is C20H21ClN2OS. The fourth-order valence-corrected chi connectivity index (χ4v) is 4.84. The first-order valence-electron chi connectivity index (χ1n) is 8.41. The minimum absolute atomic E-state index is 0.245. The first kappa shape index (κ1) is 18.0. The van der Waals surface area contributed by atoms with E-state index in [9.17, 15) is 10.1 Å². The van der Waals surface area contributed by atoms with Crippen LogP contribution in [0.15, 0.2) is 24.3 Å². The number of hydrogen-bond donors (Lipinski definition) is 1. The Morgan fingerprint density at radius 3 is 2.72 bits per heavy atom. The molecule has 0 aliphatic heterocycles. The van der Waals surface area contributed by atoms with Crippen LogP contribution in [0.4, 0.5) is 5.00 Å². The average molecular weight is 373 g/mol. The molecule has 3 nitrogen and oxygen atoms in total. The van der Waals surface area contributed by atoms with E-state index in [0.29, 0.717) is 27.1 Å². The van der Waals surface area contributed by atoms with Crippen LogP contribution in [0.25, 0.3) is 0 Å². The minimum atomic E-state index is -0.270. The van der Waals surface area contributed by atoms with Crippen LogP contribution in [0.3, 0.4) is 0 Å². The fourth-order valence-electron chi connectivity index (χ4n) is 3.35. The number of thiophene rings is 1. The molecule has 1 aromatic heterocycles. The summed E-state index contributed by atoms with van der Waals surface area (Å²) in [5, 5.41) is 13.6. The van der Waals surface area contributed by atoms with Crippen molar-refractivity contribution in [3.8, 4) is 6.07 Å². The van der Waals surface area contributed by atoms with Gasteiger partial charge in [0.05, 0.1) is 16.1 Å². The van der Waals surface area contributed by atoms with Crippen LogP contribution in [0.1, 0.15) is 53.6 Å². The van der Waals surface area contributed by atoms with Gasteiger partial charge in [-0.05, 0) is 48.3 Å². The number of amides is 1. The van der Waals surface area contributed by atoms with E-state index in [1.807, 2.05) is 0 Å². The third-order valence-corrected chi connectivity index (χ3v) is 6.45. The largest absolute Gasteiger partial charge is 0.312 e. The zero-order valence-corrected chi connectivity index (χ0v) is 16.2. The number of nitriles is 1. The second-order valence-electron chi connectivity index (χ2n) is 7.56. The number of nitrogens with zero attached hydrogens (tertiary/aromatic N) is 1. The zero-order chi connectivity index (χ0) is 18.2. The number of carbonyl (C=O) groups is 1. The van der Waals surface area contributed by atoms with E-state index < -0.39 is 0 Å². The molecule has 25 heavy (non-hydrogen) atoms. The van der Waals surface area contributed by atoms with Gasteiger partial charge in [0.1, 0.15) is 11.1 Å². The van der Waals surface area contributed by atoms with Gasteiger partial charge in [-0.25, -0.2) is 0 Å². The van der Waals surface area contributed by atoms with Gasteiger partial charge in [-0.2, -0.15) is 5.26 Å². The Morgan fingerprint density at radius 1 is 1.36 bits per heavy atom. The van der Waals surface area contributed by atoms with Crippen molar-refractivity contribution >= 4 is 33.8 Å². The Bertz CT molecular complexity index is 858. The van der Waals surface area contributed by atoms with Crippen LogP contribution in [-0.2, 0) is 12.8 Å². The van der Waals surface area contributed by atoms with Gasteiger partial charge in [-0.3, -0.25) is 4.79 Å². The number of nitrogens with one attached hydrogen (secondary N) is 1. The van der Waals surface area contributed by atoms with Gasteiger partial charge in [-0.15, -0.1) is 11.3 Å². The van der Waals surface area contributed by atoms with Crippen LogP contribution in [0.5, 0.6) is 0 Å². The lowest BCUT2D eigenvalue weighted by Crippen LogP contribution is -2.26. The number of rotatable bonds is 2. The maximum Gasteiger partial charge on any atom is 0.257 e. The van der Waals surface area contributed by atoms with Crippen molar-refractivity contribution in [2.45, 2.75) is 40.0 Å². The molecule has 0 fully saturated rings. The van der Waals surface area contributed by atoms with E-state index in [-0.39, 0.29) is 11.3 Å². The second kappa shape index (κ2) is 6.82. The first-order chi connectivity index (χ1) is 11.8. The number of benzene rings is 1. The predicted octanol–water partition coefficient (Wildman–Crippen LogP) is 5.68. The molecule has 1 atom stereocenters. The predicted molar refractivity (Wildman–Crippen MR) is 103 cm³/mol. The summed E-state index contributed by atoms with van der Waals surface area (Å²) in [6.07, 6.45) is 2.96.